The SMILES string of the molecule is CC1CCNCC(CN(C)C)N1Cc1ccncc1. The lowest BCUT2D eigenvalue weighted by Gasteiger charge is -2.35. The summed E-state index contributed by atoms with van der Waals surface area (Å²) in [5.41, 5.74) is 1.35. The van der Waals surface area contributed by atoms with Crippen LogP contribution in [0, 0.1) is 0 Å². The van der Waals surface area contributed by atoms with Gasteiger partial charge in [-0.15, -0.1) is 0 Å². The van der Waals surface area contributed by atoms with Gasteiger partial charge in [0.25, 0.3) is 0 Å². The molecule has 0 amide bonds. The van der Waals surface area contributed by atoms with E-state index in [1.54, 1.807) is 0 Å². The fraction of sp³-hybridized carbons (Fsp3) is 0.667. The third kappa shape index (κ3) is 4.27. The number of hydrogen-bond acceptors (Lipinski definition) is 4. The van der Waals surface area contributed by atoms with Gasteiger partial charge >= 0.3 is 0 Å². The summed E-state index contributed by atoms with van der Waals surface area (Å²) in [6.07, 6.45) is 4.99. The lowest BCUT2D eigenvalue weighted by Crippen LogP contribution is -2.48. The summed E-state index contributed by atoms with van der Waals surface area (Å²) in [4.78, 5) is 9.02. The number of aromatic nitrogens is 1. The van der Waals surface area contributed by atoms with Crippen LogP contribution in [0.5, 0.6) is 0 Å². The molecule has 106 valence electrons. The van der Waals surface area contributed by atoms with E-state index in [2.05, 4.69) is 53.3 Å². The van der Waals surface area contributed by atoms with Gasteiger partial charge in [0, 0.05) is 44.1 Å². The highest BCUT2D eigenvalue weighted by Gasteiger charge is 2.26. The zero-order chi connectivity index (χ0) is 13.7. The fourth-order valence-corrected chi connectivity index (χ4v) is 2.80. The van der Waals surface area contributed by atoms with E-state index in [9.17, 15) is 0 Å². The van der Waals surface area contributed by atoms with Gasteiger partial charge in [0.15, 0.2) is 0 Å². The molecule has 2 rings (SSSR count). The van der Waals surface area contributed by atoms with E-state index in [1.807, 2.05) is 12.4 Å². The molecule has 1 aromatic heterocycles. The molecule has 2 heterocycles. The van der Waals surface area contributed by atoms with Crippen LogP contribution in [0.1, 0.15) is 18.9 Å². The molecule has 1 saturated heterocycles. The molecule has 1 N–H and O–H groups in total. The summed E-state index contributed by atoms with van der Waals surface area (Å²) in [5, 5.41) is 3.57. The minimum absolute atomic E-state index is 0.570. The fourth-order valence-electron chi connectivity index (χ4n) is 2.80. The molecule has 0 bridgehead atoms. The molecule has 19 heavy (non-hydrogen) atoms. The van der Waals surface area contributed by atoms with Crippen molar-refractivity contribution >= 4 is 0 Å². The first-order chi connectivity index (χ1) is 9.16. The Hall–Kier alpha value is -0.970. The molecule has 0 aromatic carbocycles. The Kier molecular flexibility index (Phi) is 5.31. The van der Waals surface area contributed by atoms with Gasteiger partial charge in [0.1, 0.15) is 0 Å². The molecule has 1 aliphatic heterocycles. The Bertz CT molecular complexity index is 366. The van der Waals surface area contributed by atoms with Crippen LogP contribution in [0.4, 0.5) is 0 Å². The Morgan fingerprint density at radius 2 is 2.11 bits per heavy atom. The molecule has 1 aliphatic rings. The van der Waals surface area contributed by atoms with Crippen molar-refractivity contribution in [2.24, 2.45) is 0 Å². The van der Waals surface area contributed by atoms with Crippen molar-refractivity contribution in [2.45, 2.75) is 32.0 Å². The molecule has 2 unspecified atom stereocenters. The zero-order valence-corrected chi connectivity index (χ0v) is 12.3. The first-order valence-corrected chi connectivity index (χ1v) is 7.17. The highest BCUT2D eigenvalue weighted by atomic mass is 15.2. The van der Waals surface area contributed by atoms with Crippen LogP contribution in [-0.4, -0.2) is 60.6 Å². The van der Waals surface area contributed by atoms with Crippen LogP contribution < -0.4 is 5.32 Å². The van der Waals surface area contributed by atoms with E-state index in [4.69, 9.17) is 0 Å². The normalized spacial score (nSPS) is 25.5. The molecule has 2 atom stereocenters. The standard InChI is InChI=1S/C15H26N4/c1-13-4-7-17-10-15(12-18(2)3)19(13)11-14-5-8-16-9-6-14/h5-6,8-9,13,15,17H,4,7,10-12H2,1-3H3. The third-order valence-corrected chi connectivity index (χ3v) is 3.84. The maximum absolute atomic E-state index is 4.10. The van der Waals surface area contributed by atoms with Crippen molar-refractivity contribution in [3.63, 3.8) is 0 Å². The van der Waals surface area contributed by atoms with Crippen molar-refractivity contribution < 1.29 is 0 Å². The van der Waals surface area contributed by atoms with Crippen LogP contribution in [0.15, 0.2) is 24.5 Å². The third-order valence-electron chi connectivity index (χ3n) is 3.84. The molecule has 0 aliphatic carbocycles. The summed E-state index contributed by atoms with van der Waals surface area (Å²) in [6, 6.07) is 5.43. The second-order valence-electron chi connectivity index (χ2n) is 5.79. The minimum Gasteiger partial charge on any atom is -0.315 e. The Balaban J connectivity index is 2.10. The smallest absolute Gasteiger partial charge is 0.0354 e. The summed E-state index contributed by atoms with van der Waals surface area (Å²) in [5.74, 6) is 0. The summed E-state index contributed by atoms with van der Waals surface area (Å²) in [6.45, 7) is 6.66. The van der Waals surface area contributed by atoms with E-state index in [0.29, 0.717) is 12.1 Å². The van der Waals surface area contributed by atoms with Crippen molar-refractivity contribution in [3.8, 4) is 0 Å². The topological polar surface area (TPSA) is 31.4 Å². The number of hydrogen-bond donors (Lipinski definition) is 1. The van der Waals surface area contributed by atoms with Gasteiger partial charge in [0.2, 0.25) is 0 Å². The molecule has 0 spiro atoms. The predicted molar refractivity (Wildman–Crippen MR) is 79.1 cm³/mol. The second kappa shape index (κ2) is 6.98. The van der Waals surface area contributed by atoms with E-state index in [1.165, 1.54) is 12.0 Å². The highest BCUT2D eigenvalue weighted by Crippen LogP contribution is 2.16. The molecule has 0 radical (unpaired) electrons. The Morgan fingerprint density at radius 1 is 1.37 bits per heavy atom. The van der Waals surface area contributed by atoms with Gasteiger partial charge in [-0.25, -0.2) is 0 Å². The molecule has 1 fully saturated rings. The maximum atomic E-state index is 4.10. The first-order valence-electron chi connectivity index (χ1n) is 7.17. The summed E-state index contributed by atoms with van der Waals surface area (Å²) >= 11 is 0. The number of pyridine rings is 1. The van der Waals surface area contributed by atoms with E-state index in [-0.39, 0.29) is 0 Å². The van der Waals surface area contributed by atoms with Gasteiger partial charge in [-0.3, -0.25) is 9.88 Å². The van der Waals surface area contributed by atoms with Gasteiger partial charge in [-0.05, 0) is 51.7 Å². The lowest BCUT2D eigenvalue weighted by atomic mass is 10.1. The molecule has 1 aromatic rings. The summed E-state index contributed by atoms with van der Waals surface area (Å²) < 4.78 is 0. The largest absolute Gasteiger partial charge is 0.315 e. The van der Waals surface area contributed by atoms with E-state index >= 15 is 0 Å². The van der Waals surface area contributed by atoms with Gasteiger partial charge in [-0.2, -0.15) is 0 Å². The minimum atomic E-state index is 0.570. The van der Waals surface area contributed by atoms with Crippen molar-refractivity contribution in [2.75, 3.05) is 33.7 Å². The number of rotatable bonds is 4. The van der Waals surface area contributed by atoms with Crippen LogP contribution in [-0.2, 0) is 6.54 Å². The van der Waals surface area contributed by atoms with Crippen LogP contribution in [0.2, 0.25) is 0 Å². The maximum Gasteiger partial charge on any atom is 0.0354 e. The monoisotopic (exact) mass is 262 g/mol. The lowest BCUT2D eigenvalue weighted by molar-refractivity contribution is 0.120. The molecule has 4 nitrogen and oxygen atoms in total. The van der Waals surface area contributed by atoms with Crippen LogP contribution in [0.25, 0.3) is 0 Å². The molecule has 4 heteroatoms. The number of nitrogens with zero attached hydrogens (tertiary/aromatic N) is 3. The molecular formula is C15H26N4. The van der Waals surface area contributed by atoms with Crippen LogP contribution >= 0.6 is 0 Å². The molecular weight excluding hydrogens is 236 g/mol. The average Bonchev–Trinajstić information content (AvgIpc) is 2.55. The zero-order valence-electron chi connectivity index (χ0n) is 12.3. The predicted octanol–water partition coefficient (Wildman–Crippen LogP) is 1.20. The first kappa shape index (κ1) is 14.4. The average molecular weight is 262 g/mol. The van der Waals surface area contributed by atoms with Crippen molar-refractivity contribution in [3.05, 3.63) is 30.1 Å². The van der Waals surface area contributed by atoms with Gasteiger partial charge in [0.05, 0.1) is 0 Å². The van der Waals surface area contributed by atoms with Crippen molar-refractivity contribution in [1.29, 1.82) is 0 Å². The van der Waals surface area contributed by atoms with Gasteiger partial charge in [-0.1, -0.05) is 0 Å². The number of likely N-dealkylation sites (N-methyl/N-ethyl adjacent to an activating group) is 1. The Labute approximate surface area is 116 Å². The second-order valence-corrected chi connectivity index (χ2v) is 5.79. The quantitative estimate of drug-likeness (QED) is 0.883. The highest BCUT2D eigenvalue weighted by molar-refractivity contribution is 5.10. The molecule has 0 saturated carbocycles. The van der Waals surface area contributed by atoms with Crippen molar-refractivity contribution in [1.82, 2.24) is 20.1 Å². The van der Waals surface area contributed by atoms with E-state index in [0.717, 1.165) is 26.2 Å². The number of nitrogens with one attached hydrogen (secondary N) is 1. The Morgan fingerprint density at radius 3 is 2.79 bits per heavy atom. The van der Waals surface area contributed by atoms with Gasteiger partial charge < -0.3 is 10.2 Å². The summed E-state index contributed by atoms with van der Waals surface area (Å²) in [7, 11) is 4.31. The van der Waals surface area contributed by atoms with Crippen LogP contribution in [0.3, 0.4) is 0 Å². The van der Waals surface area contributed by atoms with E-state index < -0.39 is 0 Å².